The second-order valence-corrected chi connectivity index (χ2v) is 12.4. The molecule has 11 heteroatoms. The molecule has 0 spiro atoms. The molecule has 0 amide bonds. The molecule has 1 saturated heterocycles. The van der Waals surface area contributed by atoms with Gasteiger partial charge in [-0.1, -0.05) is 25.5 Å². The second-order valence-electron chi connectivity index (χ2n) is 12.4. The first-order valence-electron chi connectivity index (χ1n) is 13.5. The molecule has 10 nitrogen and oxygen atoms in total. The third kappa shape index (κ3) is 3.67. The van der Waals surface area contributed by atoms with Gasteiger partial charge in [0.05, 0.1) is 6.61 Å². The van der Waals surface area contributed by atoms with Crippen LogP contribution in [-0.2, 0) is 23.9 Å². The number of rotatable bonds is 5. The Balaban J connectivity index is 1.41. The van der Waals surface area contributed by atoms with Crippen molar-refractivity contribution in [3.8, 4) is 0 Å². The van der Waals surface area contributed by atoms with Crippen molar-refractivity contribution in [1.29, 1.82) is 0 Å². The first kappa shape index (κ1) is 28.7. The van der Waals surface area contributed by atoms with Crippen LogP contribution in [0.5, 0.6) is 0 Å². The minimum Gasteiger partial charge on any atom is -0.394 e. The first-order valence-corrected chi connectivity index (χ1v) is 13.5. The molecule has 5 N–H and O–H groups in total. The van der Waals surface area contributed by atoms with E-state index in [2.05, 4.69) is 0 Å². The molecular formula is C28H37FO10. The third-order valence-corrected chi connectivity index (χ3v) is 10.6. The monoisotopic (exact) mass is 552 g/mol. The van der Waals surface area contributed by atoms with Gasteiger partial charge >= 0.3 is 0 Å². The molecule has 5 rings (SSSR count). The van der Waals surface area contributed by atoms with Crippen LogP contribution in [0.15, 0.2) is 23.8 Å². The van der Waals surface area contributed by atoms with E-state index in [1.54, 1.807) is 20.8 Å². The number of aliphatic hydroxyl groups is 5. The minimum absolute atomic E-state index is 0.244. The van der Waals surface area contributed by atoms with Gasteiger partial charge in [0.25, 0.3) is 0 Å². The van der Waals surface area contributed by atoms with Crippen molar-refractivity contribution in [1.82, 2.24) is 0 Å². The highest BCUT2D eigenvalue weighted by Gasteiger charge is 2.75. The number of halogens is 1. The molecule has 4 fully saturated rings. The Morgan fingerprint density at radius 3 is 2.51 bits per heavy atom. The molecule has 4 unspecified atom stereocenters. The van der Waals surface area contributed by atoms with Crippen molar-refractivity contribution in [3.63, 3.8) is 0 Å². The minimum atomic E-state index is -2.29. The molecule has 12 atom stereocenters. The van der Waals surface area contributed by atoms with E-state index < -0.39 is 95.3 Å². The predicted molar refractivity (Wildman–Crippen MR) is 132 cm³/mol. The zero-order chi connectivity index (χ0) is 28.7. The Kier molecular flexibility index (Phi) is 6.86. The Morgan fingerprint density at radius 2 is 1.85 bits per heavy atom. The number of alkyl halides is 1. The predicted octanol–water partition coefficient (Wildman–Crippen LogP) is -0.0719. The van der Waals surface area contributed by atoms with Crippen LogP contribution in [0.4, 0.5) is 4.39 Å². The molecule has 5 aliphatic rings. The van der Waals surface area contributed by atoms with Crippen molar-refractivity contribution in [3.05, 3.63) is 23.8 Å². The van der Waals surface area contributed by atoms with Crippen LogP contribution < -0.4 is 0 Å². The molecule has 0 aromatic rings. The number of hydrogen-bond acceptors (Lipinski definition) is 10. The van der Waals surface area contributed by atoms with Gasteiger partial charge in [-0.05, 0) is 50.2 Å². The van der Waals surface area contributed by atoms with Crippen LogP contribution in [0.25, 0.3) is 0 Å². The number of Topliss-reactive ketones (excluding diaryl/α,β-unsaturated/α-hetero) is 2. The first-order chi connectivity index (χ1) is 18.2. The van der Waals surface area contributed by atoms with Crippen LogP contribution in [0.3, 0.4) is 0 Å². The van der Waals surface area contributed by atoms with Crippen molar-refractivity contribution in [2.24, 2.45) is 28.6 Å². The van der Waals surface area contributed by atoms with Gasteiger partial charge in [0.1, 0.15) is 36.6 Å². The summed E-state index contributed by atoms with van der Waals surface area (Å²) in [6.07, 6.45) is -3.01. The lowest BCUT2D eigenvalue weighted by Crippen LogP contribution is -2.68. The largest absolute Gasteiger partial charge is 0.394 e. The van der Waals surface area contributed by atoms with Crippen LogP contribution in [0, 0.1) is 28.6 Å². The molecule has 0 bridgehead atoms. The zero-order valence-electron chi connectivity index (χ0n) is 22.2. The maximum Gasteiger partial charge on any atom is 0.190 e. The quantitative estimate of drug-likeness (QED) is 0.311. The van der Waals surface area contributed by atoms with E-state index in [1.807, 2.05) is 0 Å². The fraction of sp³-hybridized carbons (Fsp3) is 0.750. The number of ether oxygens (including phenoxy) is 2. The van der Waals surface area contributed by atoms with Gasteiger partial charge in [0.2, 0.25) is 0 Å². The van der Waals surface area contributed by atoms with Crippen molar-refractivity contribution in [2.75, 3.05) is 13.2 Å². The summed E-state index contributed by atoms with van der Waals surface area (Å²) in [4.78, 5) is 39.4. The summed E-state index contributed by atoms with van der Waals surface area (Å²) in [6.45, 7) is 3.53. The Labute approximate surface area is 225 Å². The van der Waals surface area contributed by atoms with Crippen LogP contribution in [0.2, 0.25) is 0 Å². The molecule has 216 valence electrons. The van der Waals surface area contributed by atoms with Gasteiger partial charge in [-0.15, -0.1) is 0 Å². The maximum absolute atomic E-state index is 17.2. The van der Waals surface area contributed by atoms with E-state index >= 15 is 4.39 Å². The number of carbonyl (C=O) groups excluding carboxylic acids is 3. The fourth-order valence-electron chi connectivity index (χ4n) is 8.34. The third-order valence-electron chi connectivity index (χ3n) is 10.6. The molecule has 0 radical (unpaired) electrons. The highest BCUT2D eigenvalue weighted by molar-refractivity contribution is 6.03. The molecule has 1 aliphatic heterocycles. The van der Waals surface area contributed by atoms with Crippen LogP contribution in [0.1, 0.15) is 46.5 Å². The van der Waals surface area contributed by atoms with Gasteiger partial charge in [-0.25, -0.2) is 4.39 Å². The van der Waals surface area contributed by atoms with Crippen molar-refractivity contribution >= 4 is 17.3 Å². The van der Waals surface area contributed by atoms with Gasteiger partial charge in [0, 0.05) is 23.2 Å². The van der Waals surface area contributed by atoms with Crippen LogP contribution >= 0.6 is 0 Å². The van der Waals surface area contributed by atoms with E-state index in [1.165, 1.54) is 18.2 Å². The number of aliphatic hydroxyl groups excluding tert-OH is 4. The van der Waals surface area contributed by atoms with Gasteiger partial charge in [-0.3, -0.25) is 14.4 Å². The van der Waals surface area contributed by atoms with Gasteiger partial charge in [0.15, 0.2) is 29.3 Å². The molecule has 4 aliphatic carbocycles. The number of ketones is 3. The SMILES string of the molecule is C[C@@H]1CC2C3CCC4=CC(=O)C=CC4(C)[C@@]3(F)C(=O)CC2(C)[C@@]1(O)C(=O)CO[C@@H]1O[C@H](CO)[C@H](O)[C@H](O)[C@H]1O. The summed E-state index contributed by atoms with van der Waals surface area (Å²) >= 11 is 0. The lowest BCUT2D eigenvalue weighted by molar-refractivity contribution is -0.300. The molecule has 0 aromatic carbocycles. The normalized spacial score (nSPS) is 51.2. The number of allylic oxidation sites excluding steroid dienone is 4. The zero-order valence-corrected chi connectivity index (χ0v) is 22.2. The Bertz CT molecular complexity index is 1140. The summed E-state index contributed by atoms with van der Waals surface area (Å²) in [7, 11) is 0. The second kappa shape index (κ2) is 9.34. The molecule has 3 saturated carbocycles. The number of fused-ring (bicyclic) bond motifs is 5. The van der Waals surface area contributed by atoms with E-state index in [9.17, 15) is 39.9 Å². The Morgan fingerprint density at radius 1 is 1.15 bits per heavy atom. The standard InChI is InChI=1S/C28H37FO10/c1-13-8-17-16-5-4-14-9-15(31)6-7-25(14,2)27(16,29)19(32)10-26(17,3)28(13,37)20(33)12-38-24-23(36)22(35)21(34)18(11-30)39-24/h6-7,9,13,16-18,21-24,30,34-37H,4-5,8,10-12H2,1-3H3/t13-,16?,17?,18-,21+,22+,23-,24-,25?,26?,27+,28+/m1/s1. The summed E-state index contributed by atoms with van der Waals surface area (Å²) in [6, 6.07) is 0. The van der Waals surface area contributed by atoms with Crippen LogP contribution in [-0.4, -0.2) is 98.1 Å². The van der Waals surface area contributed by atoms with E-state index in [-0.39, 0.29) is 12.2 Å². The highest BCUT2D eigenvalue weighted by Crippen LogP contribution is 2.69. The maximum atomic E-state index is 17.2. The van der Waals surface area contributed by atoms with E-state index in [0.717, 1.165) is 0 Å². The topological polar surface area (TPSA) is 171 Å². The van der Waals surface area contributed by atoms with Gasteiger partial charge in [-0.2, -0.15) is 0 Å². The number of carbonyl (C=O) groups is 3. The summed E-state index contributed by atoms with van der Waals surface area (Å²) in [5.74, 6) is -3.68. The molecule has 39 heavy (non-hydrogen) atoms. The van der Waals surface area contributed by atoms with Crippen molar-refractivity contribution in [2.45, 2.75) is 88.4 Å². The highest BCUT2D eigenvalue weighted by atomic mass is 19.1. The molecular weight excluding hydrogens is 515 g/mol. The molecule has 0 aromatic heterocycles. The summed E-state index contributed by atoms with van der Waals surface area (Å²) in [5.41, 5.74) is -6.36. The summed E-state index contributed by atoms with van der Waals surface area (Å²) in [5, 5.41) is 51.6. The lowest BCUT2D eigenvalue weighted by Gasteiger charge is -2.59. The Hall–Kier alpha value is -1.86. The fourth-order valence-corrected chi connectivity index (χ4v) is 8.34. The lowest BCUT2D eigenvalue weighted by atomic mass is 9.45. The van der Waals surface area contributed by atoms with E-state index in [0.29, 0.717) is 24.8 Å². The van der Waals surface area contributed by atoms with Gasteiger partial charge < -0.3 is 35.0 Å². The molecule has 1 heterocycles. The smallest absolute Gasteiger partial charge is 0.190 e. The number of hydrogen-bond donors (Lipinski definition) is 5. The average molecular weight is 553 g/mol. The van der Waals surface area contributed by atoms with E-state index in [4.69, 9.17) is 9.47 Å². The van der Waals surface area contributed by atoms with Crippen molar-refractivity contribution < 1.29 is 53.8 Å². The average Bonchev–Trinajstić information content (AvgIpc) is 3.09. The summed E-state index contributed by atoms with van der Waals surface area (Å²) < 4.78 is 27.9.